The van der Waals surface area contributed by atoms with Crippen molar-refractivity contribution in [3.63, 3.8) is 0 Å². The number of fused-ring (bicyclic) bond motifs is 1. The highest BCUT2D eigenvalue weighted by atomic mass is 16.5. The lowest BCUT2D eigenvalue weighted by atomic mass is 10.1. The average Bonchev–Trinajstić information content (AvgIpc) is 3.04. The van der Waals surface area contributed by atoms with Crippen molar-refractivity contribution in [3.8, 4) is 11.5 Å². The topological polar surface area (TPSA) is 59.0 Å². The third-order valence-corrected chi connectivity index (χ3v) is 6.11. The Morgan fingerprint density at radius 3 is 2.33 bits per heavy atom. The van der Waals surface area contributed by atoms with Crippen LogP contribution < -0.4 is 14.4 Å². The van der Waals surface area contributed by atoms with Crippen LogP contribution in [0.4, 0.5) is 5.69 Å². The van der Waals surface area contributed by atoms with Gasteiger partial charge in [0.1, 0.15) is 18.1 Å². The number of nitrogens with zero attached hydrogens (tertiary/aromatic N) is 1. The smallest absolute Gasteiger partial charge is 0.303 e. The van der Waals surface area contributed by atoms with E-state index in [4.69, 9.17) is 14.6 Å². The molecule has 0 aromatic heterocycles. The van der Waals surface area contributed by atoms with Gasteiger partial charge >= 0.3 is 5.97 Å². The second kappa shape index (κ2) is 10.9. The summed E-state index contributed by atoms with van der Waals surface area (Å²) in [6.07, 6.45) is 4.20. The normalized spacial score (nSPS) is 13.2. The van der Waals surface area contributed by atoms with Gasteiger partial charge in [0.15, 0.2) is 0 Å². The lowest BCUT2D eigenvalue weighted by Gasteiger charge is -2.25. The van der Waals surface area contributed by atoms with E-state index in [0.717, 1.165) is 42.1 Å². The molecule has 0 bridgehead atoms. The van der Waals surface area contributed by atoms with Gasteiger partial charge in [0.25, 0.3) is 0 Å². The number of anilines is 1. The van der Waals surface area contributed by atoms with Crippen LogP contribution in [0.15, 0.2) is 66.7 Å². The number of methoxy groups -OCH3 is 1. The lowest BCUT2D eigenvalue weighted by molar-refractivity contribution is -0.136. The molecular weight excluding hydrogens is 414 g/mol. The molecule has 5 nitrogen and oxygen atoms in total. The Morgan fingerprint density at radius 2 is 1.61 bits per heavy atom. The van der Waals surface area contributed by atoms with Crippen LogP contribution in [0.3, 0.4) is 0 Å². The fourth-order valence-corrected chi connectivity index (χ4v) is 4.21. The summed E-state index contributed by atoms with van der Waals surface area (Å²) in [6, 6.07) is 22.7. The maximum absolute atomic E-state index is 10.7. The molecule has 3 aromatic rings. The zero-order valence-corrected chi connectivity index (χ0v) is 19.1. The van der Waals surface area contributed by atoms with Gasteiger partial charge in [-0.25, -0.2) is 0 Å². The number of carboxylic acid groups (broad SMARTS) is 1. The van der Waals surface area contributed by atoms with Gasteiger partial charge in [0.2, 0.25) is 0 Å². The van der Waals surface area contributed by atoms with Gasteiger partial charge in [0.05, 0.1) is 7.11 Å². The summed E-state index contributed by atoms with van der Waals surface area (Å²) >= 11 is 0. The molecule has 1 heterocycles. The predicted molar refractivity (Wildman–Crippen MR) is 130 cm³/mol. The van der Waals surface area contributed by atoms with E-state index in [-0.39, 0.29) is 6.42 Å². The number of hydrogen-bond donors (Lipinski definition) is 1. The van der Waals surface area contributed by atoms with Crippen LogP contribution in [0.5, 0.6) is 11.5 Å². The first-order valence-corrected chi connectivity index (χ1v) is 11.5. The quantitative estimate of drug-likeness (QED) is 0.462. The first-order valence-electron chi connectivity index (χ1n) is 11.5. The van der Waals surface area contributed by atoms with Crippen LogP contribution in [-0.4, -0.2) is 24.7 Å². The summed E-state index contributed by atoms with van der Waals surface area (Å²) in [6.45, 7) is 2.42. The van der Waals surface area contributed by atoms with Crippen molar-refractivity contribution in [2.45, 2.75) is 45.3 Å². The standard InChI is InChI=1S/C28H31NO4/c1-32-26-15-12-24-4-2-3-17-29(27(24)18-26)19-22-5-7-23(8-6-22)20-33-25-13-9-21(10-14-25)11-16-28(30)31/h5-10,12-15,18H,2-4,11,16-17,19-20H2,1H3,(H,30,31). The SMILES string of the molecule is COc1ccc2c(c1)N(Cc1ccc(COc3ccc(CCC(=O)O)cc3)cc1)CCCC2. The minimum Gasteiger partial charge on any atom is -0.497 e. The van der Waals surface area contributed by atoms with Crippen molar-refractivity contribution in [3.05, 3.63) is 89.0 Å². The Kier molecular flexibility index (Phi) is 7.51. The van der Waals surface area contributed by atoms with E-state index in [0.29, 0.717) is 13.0 Å². The Morgan fingerprint density at radius 1 is 0.909 bits per heavy atom. The Labute approximate surface area is 195 Å². The van der Waals surface area contributed by atoms with Gasteiger partial charge in [-0.15, -0.1) is 0 Å². The molecule has 0 saturated carbocycles. The maximum atomic E-state index is 10.7. The third kappa shape index (κ3) is 6.28. The predicted octanol–water partition coefficient (Wildman–Crippen LogP) is 5.63. The molecule has 0 spiro atoms. The summed E-state index contributed by atoms with van der Waals surface area (Å²) in [5, 5.41) is 8.80. The van der Waals surface area contributed by atoms with E-state index in [9.17, 15) is 4.79 Å². The summed E-state index contributed by atoms with van der Waals surface area (Å²) in [5.74, 6) is 0.912. The van der Waals surface area contributed by atoms with Gasteiger partial charge in [-0.05, 0) is 66.1 Å². The molecule has 0 amide bonds. The van der Waals surface area contributed by atoms with Crippen LogP contribution in [0.25, 0.3) is 0 Å². The first-order chi connectivity index (χ1) is 16.1. The number of aryl methyl sites for hydroxylation is 2. The van der Waals surface area contributed by atoms with E-state index in [1.807, 2.05) is 24.3 Å². The highest BCUT2D eigenvalue weighted by Gasteiger charge is 2.16. The molecule has 0 fully saturated rings. The van der Waals surface area contributed by atoms with Crippen LogP contribution in [0, 0.1) is 0 Å². The molecule has 5 heteroatoms. The molecule has 0 unspecified atom stereocenters. The molecule has 0 atom stereocenters. The lowest BCUT2D eigenvalue weighted by Crippen LogP contribution is -2.23. The highest BCUT2D eigenvalue weighted by Crippen LogP contribution is 2.31. The second-order valence-electron chi connectivity index (χ2n) is 8.52. The van der Waals surface area contributed by atoms with Crippen LogP contribution in [0.1, 0.15) is 41.5 Å². The Bertz CT molecular complexity index is 1060. The number of carbonyl (C=O) groups is 1. The molecule has 4 rings (SSSR count). The molecule has 0 aliphatic carbocycles. The van der Waals surface area contributed by atoms with Crippen molar-refractivity contribution >= 4 is 11.7 Å². The average molecular weight is 446 g/mol. The molecule has 172 valence electrons. The van der Waals surface area contributed by atoms with Gasteiger partial charge in [-0.2, -0.15) is 0 Å². The second-order valence-corrected chi connectivity index (χ2v) is 8.52. The molecule has 1 aliphatic rings. The monoisotopic (exact) mass is 445 g/mol. The van der Waals surface area contributed by atoms with Crippen molar-refractivity contribution in [1.82, 2.24) is 0 Å². The number of hydrogen-bond acceptors (Lipinski definition) is 4. The zero-order chi connectivity index (χ0) is 23.0. The van der Waals surface area contributed by atoms with Crippen LogP contribution in [0.2, 0.25) is 0 Å². The highest BCUT2D eigenvalue weighted by molar-refractivity contribution is 5.67. The van der Waals surface area contributed by atoms with Crippen LogP contribution >= 0.6 is 0 Å². The summed E-state index contributed by atoms with van der Waals surface area (Å²) in [7, 11) is 1.72. The summed E-state index contributed by atoms with van der Waals surface area (Å²) in [5.41, 5.74) is 6.07. The number of benzene rings is 3. The van der Waals surface area contributed by atoms with Crippen molar-refractivity contribution < 1.29 is 19.4 Å². The molecule has 33 heavy (non-hydrogen) atoms. The molecule has 0 radical (unpaired) electrons. The fourth-order valence-electron chi connectivity index (χ4n) is 4.21. The van der Waals surface area contributed by atoms with E-state index in [2.05, 4.69) is 47.4 Å². The molecular formula is C28H31NO4. The zero-order valence-electron chi connectivity index (χ0n) is 19.1. The molecule has 1 aliphatic heterocycles. The molecule has 3 aromatic carbocycles. The number of aliphatic carboxylic acids is 1. The largest absolute Gasteiger partial charge is 0.497 e. The van der Waals surface area contributed by atoms with Crippen molar-refractivity contribution in [2.75, 3.05) is 18.6 Å². The summed E-state index contributed by atoms with van der Waals surface area (Å²) in [4.78, 5) is 13.2. The minimum absolute atomic E-state index is 0.142. The third-order valence-electron chi connectivity index (χ3n) is 6.11. The number of carboxylic acids is 1. The Hall–Kier alpha value is -3.47. The van der Waals surface area contributed by atoms with Crippen LogP contribution in [-0.2, 0) is 30.8 Å². The number of rotatable bonds is 9. The molecule has 0 saturated heterocycles. The van der Waals surface area contributed by atoms with E-state index in [1.165, 1.54) is 29.7 Å². The van der Waals surface area contributed by atoms with Gasteiger partial charge in [-0.1, -0.05) is 42.5 Å². The number of ether oxygens (including phenoxy) is 2. The maximum Gasteiger partial charge on any atom is 0.303 e. The van der Waals surface area contributed by atoms with E-state index < -0.39 is 5.97 Å². The van der Waals surface area contributed by atoms with Gasteiger partial charge in [0, 0.05) is 31.3 Å². The summed E-state index contributed by atoms with van der Waals surface area (Å²) < 4.78 is 11.4. The minimum atomic E-state index is -0.779. The fraction of sp³-hybridized carbons (Fsp3) is 0.321. The van der Waals surface area contributed by atoms with Crippen molar-refractivity contribution in [1.29, 1.82) is 0 Å². The van der Waals surface area contributed by atoms with E-state index >= 15 is 0 Å². The Balaban J connectivity index is 1.35. The van der Waals surface area contributed by atoms with Gasteiger partial charge in [-0.3, -0.25) is 4.79 Å². The van der Waals surface area contributed by atoms with E-state index in [1.54, 1.807) is 7.11 Å². The van der Waals surface area contributed by atoms with Crippen molar-refractivity contribution in [2.24, 2.45) is 0 Å². The molecule has 1 N–H and O–H groups in total. The van der Waals surface area contributed by atoms with Gasteiger partial charge < -0.3 is 19.5 Å². The first kappa shape index (κ1) is 22.7.